The number of fused-ring (bicyclic) bond motifs is 1. The number of nitrogens with two attached hydrogens (primary N) is 1. The third kappa shape index (κ3) is 2.01. The zero-order valence-electron chi connectivity index (χ0n) is 9.96. The normalized spacial score (nSPS) is 13.7. The summed E-state index contributed by atoms with van der Waals surface area (Å²) >= 11 is 0. The zero-order valence-corrected chi connectivity index (χ0v) is 9.96. The number of hydrogen-bond acceptors (Lipinski definition) is 2. The summed E-state index contributed by atoms with van der Waals surface area (Å²) in [4.78, 5) is 1.54. The van der Waals surface area contributed by atoms with Gasteiger partial charge in [0.25, 0.3) is 0 Å². The summed E-state index contributed by atoms with van der Waals surface area (Å²) in [6.45, 7) is 0.745. The SMILES string of the molecule is Nc1ccc2c(c1)CN(c1c(F)cc(F)cc1F)C2. The van der Waals surface area contributed by atoms with Crippen LogP contribution in [0.4, 0.5) is 24.5 Å². The van der Waals surface area contributed by atoms with Crippen LogP contribution < -0.4 is 10.6 Å². The van der Waals surface area contributed by atoms with Gasteiger partial charge in [0.2, 0.25) is 0 Å². The van der Waals surface area contributed by atoms with Crippen molar-refractivity contribution < 1.29 is 13.2 Å². The highest BCUT2D eigenvalue weighted by atomic mass is 19.1. The predicted octanol–water partition coefficient (Wildman–Crippen LogP) is 3.21. The summed E-state index contributed by atoms with van der Waals surface area (Å²) < 4.78 is 40.3. The van der Waals surface area contributed by atoms with Crippen LogP contribution in [0.25, 0.3) is 0 Å². The van der Waals surface area contributed by atoms with Gasteiger partial charge < -0.3 is 10.6 Å². The molecule has 0 radical (unpaired) electrons. The molecule has 2 N–H and O–H groups in total. The first-order chi connectivity index (χ1) is 9.04. The minimum Gasteiger partial charge on any atom is -0.399 e. The molecular formula is C14H11F3N2. The molecule has 3 rings (SSSR count). The van der Waals surface area contributed by atoms with Crippen molar-refractivity contribution in [2.45, 2.75) is 13.1 Å². The van der Waals surface area contributed by atoms with Gasteiger partial charge >= 0.3 is 0 Å². The summed E-state index contributed by atoms with van der Waals surface area (Å²) in [6.07, 6.45) is 0. The lowest BCUT2D eigenvalue weighted by Crippen LogP contribution is -2.18. The van der Waals surface area contributed by atoms with Crippen molar-refractivity contribution in [1.82, 2.24) is 0 Å². The molecule has 5 heteroatoms. The molecule has 0 atom stereocenters. The van der Waals surface area contributed by atoms with Gasteiger partial charge in [0.05, 0.1) is 0 Å². The quantitative estimate of drug-likeness (QED) is 0.801. The van der Waals surface area contributed by atoms with E-state index in [2.05, 4.69) is 0 Å². The van der Waals surface area contributed by atoms with Crippen LogP contribution in [0.5, 0.6) is 0 Å². The van der Waals surface area contributed by atoms with Gasteiger partial charge in [-0.25, -0.2) is 13.2 Å². The van der Waals surface area contributed by atoms with Crippen molar-refractivity contribution in [2.75, 3.05) is 10.6 Å². The van der Waals surface area contributed by atoms with Crippen LogP contribution >= 0.6 is 0 Å². The van der Waals surface area contributed by atoms with Crippen LogP contribution in [-0.4, -0.2) is 0 Å². The fourth-order valence-electron chi connectivity index (χ4n) is 2.41. The van der Waals surface area contributed by atoms with Gasteiger partial charge in [-0.05, 0) is 23.3 Å². The summed E-state index contributed by atoms with van der Waals surface area (Å²) in [5, 5.41) is 0. The van der Waals surface area contributed by atoms with Crippen LogP contribution in [0, 0.1) is 17.5 Å². The van der Waals surface area contributed by atoms with E-state index < -0.39 is 17.5 Å². The van der Waals surface area contributed by atoms with E-state index in [1.165, 1.54) is 4.90 Å². The molecule has 0 aliphatic carbocycles. The molecule has 0 amide bonds. The summed E-state index contributed by atoms with van der Waals surface area (Å²) in [5.41, 5.74) is 8.00. The molecule has 1 heterocycles. The fourth-order valence-corrected chi connectivity index (χ4v) is 2.41. The fraction of sp³-hybridized carbons (Fsp3) is 0.143. The van der Waals surface area contributed by atoms with Gasteiger partial charge in [-0.1, -0.05) is 6.07 Å². The first-order valence-electron chi connectivity index (χ1n) is 5.81. The predicted molar refractivity (Wildman–Crippen MR) is 67.1 cm³/mol. The highest BCUT2D eigenvalue weighted by Crippen LogP contribution is 2.33. The molecule has 0 saturated heterocycles. The Morgan fingerprint density at radius 1 is 0.895 bits per heavy atom. The second kappa shape index (κ2) is 4.19. The molecular weight excluding hydrogens is 253 g/mol. The average molecular weight is 264 g/mol. The largest absolute Gasteiger partial charge is 0.399 e. The highest BCUT2D eigenvalue weighted by molar-refractivity contribution is 5.56. The van der Waals surface area contributed by atoms with Crippen LogP contribution in [0.3, 0.4) is 0 Å². The topological polar surface area (TPSA) is 29.3 Å². The maximum Gasteiger partial charge on any atom is 0.152 e. The lowest BCUT2D eigenvalue weighted by molar-refractivity contribution is 0.538. The van der Waals surface area contributed by atoms with Crippen molar-refractivity contribution in [2.24, 2.45) is 0 Å². The summed E-state index contributed by atoms with van der Waals surface area (Å²) in [5.74, 6) is -2.70. The van der Waals surface area contributed by atoms with Crippen molar-refractivity contribution in [3.63, 3.8) is 0 Å². The maximum atomic E-state index is 13.7. The Balaban J connectivity index is 1.99. The van der Waals surface area contributed by atoms with Gasteiger partial charge in [-0.3, -0.25) is 0 Å². The molecule has 98 valence electrons. The smallest absolute Gasteiger partial charge is 0.152 e. The van der Waals surface area contributed by atoms with Crippen molar-refractivity contribution >= 4 is 11.4 Å². The standard InChI is InChI=1S/C14H11F3N2/c15-10-4-12(16)14(13(17)5-10)19-6-8-1-2-11(18)3-9(8)7-19/h1-5H,6-7,18H2. The number of anilines is 2. The molecule has 0 saturated carbocycles. The van der Waals surface area contributed by atoms with Crippen molar-refractivity contribution in [1.29, 1.82) is 0 Å². The summed E-state index contributed by atoms with van der Waals surface area (Å²) in [7, 11) is 0. The van der Waals surface area contributed by atoms with Crippen LogP contribution in [0.1, 0.15) is 11.1 Å². The van der Waals surface area contributed by atoms with Crippen LogP contribution in [0.2, 0.25) is 0 Å². The molecule has 0 spiro atoms. The third-order valence-corrected chi connectivity index (χ3v) is 3.25. The second-order valence-electron chi connectivity index (χ2n) is 4.60. The van der Waals surface area contributed by atoms with E-state index in [-0.39, 0.29) is 5.69 Å². The van der Waals surface area contributed by atoms with Crippen LogP contribution in [-0.2, 0) is 13.1 Å². The average Bonchev–Trinajstić information content (AvgIpc) is 2.69. The summed E-state index contributed by atoms with van der Waals surface area (Å²) in [6, 6.07) is 6.75. The first-order valence-corrected chi connectivity index (χ1v) is 5.81. The first kappa shape index (κ1) is 11.9. The molecule has 2 nitrogen and oxygen atoms in total. The highest BCUT2D eigenvalue weighted by Gasteiger charge is 2.25. The van der Waals surface area contributed by atoms with E-state index in [1.54, 1.807) is 12.1 Å². The van der Waals surface area contributed by atoms with Crippen molar-refractivity contribution in [3.05, 3.63) is 58.9 Å². The van der Waals surface area contributed by atoms with Gasteiger partial charge in [-0.15, -0.1) is 0 Å². The molecule has 2 aromatic rings. The molecule has 0 unspecified atom stereocenters. The lowest BCUT2D eigenvalue weighted by Gasteiger charge is -2.19. The Bertz CT molecular complexity index is 632. The minimum atomic E-state index is -0.917. The number of hydrogen-bond donors (Lipinski definition) is 1. The van der Waals surface area contributed by atoms with E-state index in [9.17, 15) is 13.2 Å². The molecule has 1 aliphatic heterocycles. The molecule has 0 aromatic heterocycles. The Morgan fingerprint density at radius 3 is 2.21 bits per heavy atom. The van der Waals surface area contributed by atoms with E-state index in [1.807, 2.05) is 6.07 Å². The van der Waals surface area contributed by atoms with E-state index in [0.29, 0.717) is 30.9 Å². The lowest BCUT2D eigenvalue weighted by atomic mass is 10.1. The third-order valence-electron chi connectivity index (χ3n) is 3.25. The Morgan fingerprint density at radius 2 is 1.53 bits per heavy atom. The van der Waals surface area contributed by atoms with Gasteiger partial charge in [0.1, 0.15) is 11.5 Å². The second-order valence-corrected chi connectivity index (χ2v) is 4.60. The zero-order chi connectivity index (χ0) is 13.6. The van der Waals surface area contributed by atoms with E-state index in [0.717, 1.165) is 11.1 Å². The Labute approximate surface area is 108 Å². The van der Waals surface area contributed by atoms with Gasteiger partial charge in [0.15, 0.2) is 11.6 Å². The monoisotopic (exact) mass is 264 g/mol. The molecule has 2 aromatic carbocycles. The Hall–Kier alpha value is -2.17. The number of rotatable bonds is 1. The van der Waals surface area contributed by atoms with Gasteiger partial charge in [-0.2, -0.15) is 0 Å². The minimum absolute atomic E-state index is 0.198. The number of nitrogen functional groups attached to an aromatic ring is 1. The number of benzene rings is 2. The molecule has 0 bridgehead atoms. The van der Waals surface area contributed by atoms with E-state index in [4.69, 9.17) is 5.73 Å². The van der Waals surface area contributed by atoms with E-state index >= 15 is 0 Å². The van der Waals surface area contributed by atoms with Crippen molar-refractivity contribution in [3.8, 4) is 0 Å². The maximum absolute atomic E-state index is 13.7. The molecule has 1 aliphatic rings. The molecule has 19 heavy (non-hydrogen) atoms. The van der Waals surface area contributed by atoms with Gasteiger partial charge in [0, 0.05) is 30.9 Å². The number of nitrogens with zero attached hydrogens (tertiary/aromatic N) is 1. The van der Waals surface area contributed by atoms with Crippen LogP contribution in [0.15, 0.2) is 30.3 Å². The Kier molecular flexibility index (Phi) is 2.62. The molecule has 0 fully saturated rings. The number of halogens is 3.